The van der Waals surface area contributed by atoms with E-state index in [-0.39, 0.29) is 6.04 Å². The molecule has 70 valence electrons. The van der Waals surface area contributed by atoms with Gasteiger partial charge in [-0.25, -0.2) is 0 Å². The third-order valence-electron chi connectivity index (χ3n) is 2.13. The Kier molecular flexibility index (Phi) is 2.51. The third-order valence-corrected chi connectivity index (χ3v) is 2.13. The van der Waals surface area contributed by atoms with Crippen LogP contribution in [0.5, 0.6) is 0 Å². The first-order valence-electron chi connectivity index (χ1n) is 4.43. The summed E-state index contributed by atoms with van der Waals surface area (Å²) >= 11 is 0. The minimum absolute atomic E-state index is 0.0963. The van der Waals surface area contributed by atoms with E-state index in [1.54, 1.807) is 24.8 Å². The van der Waals surface area contributed by atoms with Crippen LogP contribution in [0, 0.1) is 0 Å². The standard InChI is InChI=1S/C11H11N3/c12-11(9-1-5-13-6-2-9)10-3-7-14-8-4-10/h1-8,11H,12H2. The maximum Gasteiger partial charge on any atom is 0.0553 e. The highest BCUT2D eigenvalue weighted by molar-refractivity contribution is 5.27. The van der Waals surface area contributed by atoms with E-state index in [0.717, 1.165) is 11.1 Å². The van der Waals surface area contributed by atoms with Gasteiger partial charge in [-0.2, -0.15) is 0 Å². The van der Waals surface area contributed by atoms with Crippen molar-refractivity contribution < 1.29 is 0 Å². The molecule has 0 radical (unpaired) electrons. The monoisotopic (exact) mass is 185 g/mol. The van der Waals surface area contributed by atoms with Crippen molar-refractivity contribution in [2.75, 3.05) is 0 Å². The summed E-state index contributed by atoms with van der Waals surface area (Å²) in [6.07, 6.45) is 6.99. The van der Waals surface area contributed by atoms with Crippen LogP contribution < -0.4 is 5.73 Å². The molecule has 3 heteroatoms. The highest BCUT2D eigenvalue weighted by Crippen LogP contribution is 2.17. The van der Waals surface area contributed by atoms with E-state index in [9.17, 15) is 0 Å². The average Bonchev–Trinajstić information content (AvgIpc) is 2.30. The number of pyridine rings is 2. The van der Waals surface area contributed by atoms with Gasteiger partial charge in [-0.3, -0.25) is 9.97 Å². The quantitative estimate of drug-likeness (QED) is 0.771. The number of hydrogen-bond donors (Lipinski definition) is 1. The van der Waals surface area contributed by atoms with E-state index >= 15 is 0 Å². The van der Waals surface area contributed by atoms with Gasteiger partial charge in [0.15, 0.2) is 0 Å². The van der Waals surface area contributed by atoms with Crippen LogP contribution in [0.2, 0.25) is 0 Å². The second kappa shape index (κ2) is 3.98. The molecule has 2 rings (SSSR count). The Morgan fingerprint density at radius 1 is 0.786 bits per heavy atom. The Balaban J connectivity index is 2.30. The van der Waals surface area contributed by atoms with Crippen molar-refractivity contribution in [1.82, 2.24) is 9.97 Å². The van der Waals surface area contributed by atoms with E-state index < -0.39 is 0 Å². The molecular weight excluding hydrogens is 174 g/mol. The van der Waals surface area contributed by atoms with Gasteiger partial charge < -0.3 is 5.73 Å². The van der Waals surface area contributed by atoms with Crippen LogP contribution >= 0.6 is 0 Å². The van der Waals surface area contributed by atoms with Gasteiger partial charge in [0.1, 0.15) is 0 Å². The molecule has 2 heterocycles. The maximum absolute atomic E-state index is 6.06. The van der Waals surface area contributed by atoms with Gasteiger partial charge in [0.05, 0.1) is 6.04 Å². The smallest absolute Gasteiger partial charge is 0.0553 e. The topological polar surface area (TPSA) is 51.8 Å². The zero-order valence-corrected chi connectivity index (χ0v) is 7.67. The molecule has 0 aliphatic heterocycles. The van der Waals surface area contributed by atoms with Crippen LogP contribution in [0.15, 0.2) is 49.1 Å². The van der Waals surface area contributed by atoms with Crippen molar-refractivity contribution in [3.63, 3.8) is 0 Å². The third kappa shape index (κ3) is 1.78. The van der Waals surface area contributed by atoms with E-state index in [0.29, 0.717) is 0 Å². The average molecular weight is 185 g/mol. The molecule has 2 aromatic heterocycles. The zero-order valence-electron chi connectivity index (χ0n) is 7.67. The largest absolute Gasteiger partial charge is 0.320 e. The van der Waals surface area contributed by atoms with Crippen molar-refractivity contribution in [3.05, 3.63) is 60.2 Å². The summed E-state index contributed by atoms with van der Waals surface area (Å²) in [5.74, 6) is 0. The van der Waals surface area contributed by atoms with Gasteiger partial charge in [0.2, 0.25) is 0 Å². The van der Waals surface area contributed by atoms with Crippen LogP contribution in [0.25, 0.3) is 0 Å². The summed E-state index contributed by atoms with van der Waals surface area (Å²) in [6, 6.07) is 7.59. The SMILES string of the molecule is NC(c1ccncc1)c1ccncc1. The number of nitrogens with two attached hydrogens (primary N) is 1. The van der Waals surface area contributed by atoms with Gasteiger partial charge in [0, 0.05) is 24.8 Å². The molecule has 3 nitrogen and oxygen atoms in total. The van der Waals surface area contributed by atoms with E-state index in [1.165, 1.54) is 0 Å². The molecule has 0 amide bonds. The van der Waals surface area contributed by atoms with Crippen molar-refractivity contribution in [1.29, 1.82) is 0 Å². The minimum atomic E-state index is -0.0963. The van der Waals surface area contributed by atoms with Gasteiger partial charge in [-0.15, -0.1) is 0 Å². The first-order valence-corrected chi connectivity index (χ1v) is 4.43. The minimum Gasteiger partial charge on any atom is -0.320 e. The Labute approximate surface area is 82.6 Å². The first kappa shape index (κ1) is 8.84. The fraction of sp³-hybridized carbons (Fsp3) is 0.0909. The number of nitrogens with zero attached hydrogens (tertiary/aromatic N) is 2. The molecule has 0 saturated heterocycles. The van der Waals surface area contributed by atoms with Crippen molar-refractivity contribution in [2.45, 2.75) is 6.04 Å². The fourth-order valence-electron chi connectivity index (χ4n) is 1.33. The normalized spacial score (nSPS) is 10.4. The molecule has 14 heavy (non-hydrogen) atoms. The van der Waals surface area contributed by atoms with Crippen LogP contribution in [-0.4, -0.2) is 9.97 Å². The molecule has 0 aliphatic carbocycles. The number of rotatable bonds is 2. The summed E-state index contributed by atoms with van der Waals surface area (Å²) in [4.78, 5) is 7.91. The Morgan fingerprint density at radius 2 is 1.14 bits per heavy atom. The van der Waals surface area contributed by atoms with Crippen LogP contribution in [0.3, 0.4) is 0 Å². The summed E-state index contributed by atoms with van der Waals surface area (Å²) < 4.78 is 0. The molecule has 0 fully saturated rings. The highest BCUT2D eigenvalue weighted by atomic mass is 14.7. The summed E-state index contributed by atoms with van der Waals surface area (Å²) in [5.41, 5.74) is 8.18. The summed E-state index contributed by atoms with van der Waals surface area (Å²) in [7, 11) is 0. The Bertz CT molecular complexity index is 346. The van der Waals surface area contributed by atoms with Gasteiger partial charge >= 0.3 is 0 Å². The predicted octanol–water partition coefficient (Wildman–Crippen LogP) is 1.52. The Morgan fingerprint density at radius 3 is 1.50 bits per heavy atom. The molecule has 0 atom stereocenters. The lowest BCUT2D eigenvalue weighted by molar-refractivity contribution is 0.864. The van der Waals surface area contributed by atoms with E-state index in [2.05, 4.69) is 9.97 Å². The van der Waals surface area contributed by atoms with Crippen molar-refractivity contribution in [2.24, 2.45) is 5.73 Å². The van der Waals surface area contributed by atoms with Gasteiger partial charge in [-0.05, 0) is 35.4 Å². The second-order valence-corrected chi connectivity index (χ2v) is 3.04. The van der Waals surface area contributed by atoms with E-state index in [1.807, 2.05) is 24.3 Å². The van der Waals surface area contributed by atoms with Gasteiger partial charge in [-0.1, -0.05) is 0 Å². The Hall–Kier alpha value is -1.74. The molecule has 0 aliphatic rings. The second-order valence-electron chi connectivity index (χ2n) is 3.04. The van der Waals surface area contributed by atoms with Crippen LogP contribution in [-0.2, 0) is 0 Å². The lowest BCUT2D eigenvalue weighted by atomic mass is 10.0. The lowest BCUT2D eigenvalue weighted by Gasteiger charge is -2.11. The first-order chi connectivity index (χ1) is 6.88. The molecule has 0 aromatic carbocycles. The molecule has 0 bridgehead atoms. The number of aromatic nitrogens is 2. The molecule has 0 saturated carbocycles. The maximum atomic E-state index is 6.06. The highest BCUT2D eigenvalue weighted by Gasteiger charge is 2.06. The number of hydrogen-bond acceptors (Lipinski definition) is 3. The van der Waals surface area contributed by atoms with Crippen LogP contribution in [0.1, 0.15) is 17.2 Å². The molecule has 0 spiro atoms. The molecular formula is C11H11N3. The zero-order chi connectivity index (χ0) is 9.80. The predicted molar refractivity (Wildman–Crippen MR) is 54.5 cm³/mol. The summed E-state index contributed by atoms with van der Waals surface area (Å²) in [6.45, 7) is 0. The fourth-order valence-corrected chi connectivity index (χ4v) is 1.33. The van der Waals surface area contributed by atoms with Crippen LogP contribution in [0.4, 0.5) is 0 Å². The molecule has 2 N–H and O–H groups in total. The lowest BCUT2D eigenvalue weighted by Crippen LogP contribution is -2.11. The van der Waals surface area contributed by atoms with Crippen molar-refractivity contribution >= 4 is 0 Å². The van der Waals surface area contributed by atoms with E-state index in [4.69, 9.17) is 5.73 Å². The van der Waals surface area contributed by atoms with Gasteiger partial charge in [0.25, 0.3) is 0 Å². The molecule has 2 aromatic rings. The van der Waals surface area contributed by atoms with Crippen molar-refractivity contribution in [3.8, 4) is 0 Å². The molecule has 0 unspecified atom stereocenters. The summed E-state index contributed by atoms with van der Waals surface area (Å²) in [5, 5.41) is 0.